The lowest BCUT2D eigenvalue weighted by Gasteiger charge is -2.10. The Kier molecular flexibility index (Phi) is 4.01. The van der Waals surface area contributed by atoms with Crippen molar-refractivity contribution in [2.24, 2.45) is 0 Å². The fraction of sp³-hybridized carbons (Fsp3) is 0.158. The molecule has 0 radical (unpaired) electrons. The number of hydrogen-bond acceptors (Lipinski definition) is 5. The molecule has 1 unspecified atom stereocenters. The second-order valence-corrected chi connectivity index (χ2v) is 9.05. The van der Waals surface area contributed by atoms with Crippen LogP contribution in [0, 0.1) is 0 Å². The van der Waals surface area contributed by atoms with Crippen LogP contribution < -0.4 is 5.73 Å². The molecular formula is C19H17N3OS2. The molecule has 4 nitrogen and oxygen atoms in total. The number of nitrogens with zero attached hydrogens (tertiary/aromatic N) is 2. The van der Waals surface area contributed by atoms with E-state index in [-0.39, 0.29) is 5.25 Å². The summed E-state index contributed by atoms with van der Waals surface area (Å²) in [4.78, 5) is 9.89. The zero-order valence-corrected chi connectivity index (χ0v) is 15.5. The van der Waals surface area contributed by atoms with Gasteiger partial charge in [0.1, 0.15) is 0 Å². The molecule has 126 valence electrons. The maximum atomic E-state index is 12.3. The lowest BCUT2D eigenvalue weighted by molar-refractivity contribution is 0.677. The van der Waals surface area contributed by atoms with Gasteiger partial charge in [-0.05, 0) is 36.4 Å². The van der Waals surface area contributed by atoms with Crippen molar-refractivity contribution in [2.75, 3.05) is 5.73 Å². The highest BCUT2D eigenvalue weighted by Gasteiger charge is 2.12. The van der Waals surface area contributed by atoms with Crippen molar-refractivity contribution in [1.29, 1.82) is 0 Å². The average Bonchev–Trinajstić information content (AvgIpc) is 3.08. The van der Waals surface area contributed by atoms with Crippen LogP contribution in [0.2, 0.25) is 0 Å². The molecule has 25 heavy (non-hydrogen) atoms. The highest BCUT2D eigenvalue weighted by Crippen LogP contribution is 2.30. The molecule has 4 rings (SSSR count). The molecule has 0 saturated carbocycles. The van der Waals surface area contributed by atoms with Gasteiger partial charge in [-0.15, -0.1) is 11.3 Å². The summed E-state index contributed by atoms with van der Waals surface area (Å²) in [6.45, 7) is 3.89. The Labute approximate surface area is 152 Å². The van der Waals surface area contributed by atoms with Gasteiger partial charge in [0.2, 0.25) is 0 Å². The highest BCUT2D eigenvalue weighted by atomic mass is 32.2. The van der Waals surface area contributed by atoms with Gasteiger partial charge in [-0.25, -0.2) is 9.97 Å². The Morgan fingerprint density at radius 3 is 2.72 bits per heavy atom. The fourth-order valence-corrected chi connectivity index (χ4v) is 4.43. The van der Waals surface area contributed by atoms with Crippen molar-refractivity contribution in [3.63, 3.8) is 0 Å². The van der Waals surface area contributed by atoms with E-state index in [0.717, 1.165) is 37.3 Å². The molecule has 0 aliphatic heterocycles. The predicted octanol–water partition coefficient (Wildman–Crippen LogP) is 4.61. The number of aromatic nitrogens is 2. The Morgan fingerprint density at radius 2 is 1.92 bits per heavy atom. The van der Waals surface area contributed by atoms with Crippen LogP contribution in [0.4, 0.5) is 5.69 Å². The summed E-state index contributed by atoms with van der Waals surface area (Å²) in [5.41, 5.74) is 12.3. The normalized spacial score (nSPS) is 12.9. The number of thiazole rings is 1. The minimum absolute atomic E-state index is 0.0655. The Hall–Kier alpha value is -2.31. The van der Waals surface area contributed by atoms with Gasteiger partial charge < -0.3 is 5.73 Å². The lowest BCUT2D eigenvalue weighted by atomic mass is 10.1. The van der Waals surface area contributed by atoms with Gasteiger partial charge in [0.05, 0.1) is 37.7 Å². The Bertz CT molecular complexity index is 1120. The number of rotatable bonds is 3. The van der Waals surface area contributed by atoms with Crippen molar-refractivity contribution in [2.45, 2.75) is 24.0 Å². The van der Waals surface area contributed by atoms with E-state index in [1.54, 1.807) is 11.3 Å². The van der Waals surface area contributed by atoms with Crippen molar-refractivity contribution in [3.05, 3.63) is 48.0 Å². The Balaban J connectivity index is 1.84. The van der Waals surface area contributed by atoms with Crippen LogP contribution in [-0.4, -0.2) is 19.4 Å². The van der Waals surface area contributed by atoms with Crippen molar-refractivity contribution >= 4 is 48.9 Å². The molecule has 1 atom stereocenters. The van der Waals surface area contributed by atoms with E-state index in [0.29, 0.717) is 5.69 Å². The third-order valence-electron chi connectivity index (χ3n) is 4.10. The maximum absolute atomic E-state index is 12.3. The van der Waals surface area contributed by atoms with E-state index in [9.17, 15) is 4.21 Å². The molecule has 0 amide bonds. The number of fused-ring (bicyclic) bond motifs is 2. The van der Waals surface area contributed by atoms with Crippen molar-refractivity contribution < 1.29 is 4.21 Å². The number of benzene rings is 2. The smallest absolute Gasteiger partial charge is 0.0818 e. The van der Waals surface area contributed by atoms with Crippen LogP contribution in [0.15, 0.2) is 52.9 Å². The van der Waals surface area contributed by atoms with Crippen LogP contribution in [0.5, 0.6) is 0 Å². The lowest BCUT2D eigenvalue weighted by Crippen LogP contribution is -2.05. The molecule has 2 heterocycles. The summed E-state index contributed by atoms with van der Waals surface area (Å²) in [7, 11) is -1.04. The summed E-state index contributed by atoms with van der Waals surface area (Å²) in [6.07, 6.45) is 0. The van der Waals surface area contributed by atoms with Gasteiger partial charge in [0, 0.05) is 26.8 Å². The predicted molar refractivity (Wildman–Crippen MR) is 106 cm³/mol. The first-order valence-electron chi connectivity index (χ1n) is 7.97. The molecule has 4 aromatic rings. The molecule has 0 saturated heterocycles. The Morgan fingerprint density at radius 1 is 1.08 bits per heavy atom. The second kappa shape index (κ2) is 6.20. The van der Waals surface area contributed by atoms with Gasteiger partial charge >= 0.3 is 0 Å². The van der Waals surface area contributed by atoms with Gasteiger partial charge in [0.15, 0.2) is 0 Å². The van der Waals surface area contributed by atoms with E-state index in [1.165, 1.54) is 0 Å². The first-order valence-corrected chi connectivity index (χ1v) is 10.1. The van der Waals surface area contributed by atoms with Crippen LogP contribution in [0.1, 0.15) is 13.8 Å². The van der Waals surface area contributed by atoms with Gasteiger partial charge in [-0.3, -0.25) is 4.21 Å². The van der Waals surface area contributed by atoms with Gasteiger partial charge in [-0.1, -0.05) is 19.9 Å². The van der Waals surface area contributed by atoms with Gasteiger partial charge in [-0.2, -0.15) is 0 Å². The fourth-order valence-electron chi connectivity index (χ4n) is 2.79. The van der Waals surface area contributed by atoms with Crippen LogP contribution in [-0.2, 0) is 10.8 Å². The average molecular weight is 367 g/mol. The summed E-state index contributed by atoms with van der Waals surface area (Å²) in [5, 5.41) is 0.903. The largest absolute Gasteiger partial charge is 0.398 e. The molecule has 0 aliphatic carbocycles. The summed E-state index contributed by atoms with van der Waals surface area (Å²) < 4.78 is 13.5. The molecule has 0 fully saturated rings. The van der Waals surface area contributed by atoms with E-state index >= 15 is 0 Å². The summed E-state index contributed by atoms with van der Waals surface area (Å²) in [6, 6.07) is 13.7. The van der Waals surface area contributed by atoms with Crippen molar-refractivity contribution in [1.82, 2.24) is 9.97 Å². The van der Waals surface area contributed by atoms with E-state index < -0.39 is 10.8 Å². The maximum Gasteiger partial charge on any atom is 0.0818 e. The second-order valence-electron chi connectivity index (χ2n) is 6.16. The first-order chi connectivity index (χ1) is 12.0. The molecule has 2 N–H and O–H groups in total. The zero-order valence-electron chi connectivity index (χ0n) is 13.9. The topological polar surface area (TPSA) is 68.9 Å². The minimum atomic E-state index is -1.04. The van der Waals surface area contributed by atoms with Crippen LogP contribution >= 0.6 is 11.3 Å². The molecule has 2 aromatic carbocycles. The molecule has 6 heteroatoms. The standard InChI is InChI=1S/C19H17N3OS2/c1-11(2)25(23)13-4-5-16-14(8-13)15(20)9-17(22-16)12-3-6-19-18(7-12)21-10-24-19/h3-11H,1-2H3,(H2,20,22). The van der Waals surface area contributed by atoms with E-state index in [2.05, 4.69) is 11.1 Å². The number of hydrogen-bond donors (Lipinski definition) is 1. The summed E-state index contributed by atoms with van der Waals surface area (Å²) >= 11 is 1.62. The number of pyridine rings is 1. The minimum Gasteiger partial charge on any atom is -0.398 e. The van der Waals surface area contributed by atoms with Crippen molar-refractivity contribution in [3.8, 4) is 11.3 Å². The zero-order chi connectivity index (χ0) is 17.6. The summed E-state index contributed by atoms with van der Waals surface area (Å²) in [5.74, 6) is 0. The van der Waals surface area contributed by atoms with Crippen LogP contribution in [0.25, 0.3) is 32.4 Å². The third-order valence-corrected chi connectivity index (χ3v) is 6.48. The number of nitrogen functional groups attached to an aromatic ring is 1. The van der Waals surface area contributed by atoms with E-state index in [1.807, 2.05) is 55.8 Å². The van der Waals surface area contributed by atoms with Crippen LogP contribution in [0.3, 0.4) is 0 Å². The van der Waals surface area contributed by atoms with E-state index in [4.69, 9.17) is 10.7 Å². The molecule has 2 aromatic heterocycles. The highest BCUT2D eigenvalue weighted by molar-refractivity contribution is 7.85. The number of nitrogens with two attached hydrogens (primary N) is 1. The molecular weight excluding hydrogens is 350 g/mol. The monoisotopic (exact) mass is 367 g/mol. The quantitative estimate of drug-likeness (QED) is 0.574. The SMILES string of the molecule is CC(C)S(=O)c1ccc2nc(-c3ccc4scnc4c3)cc(N)c2c1. The molecule has 0 aliphatic rings. The molecule has 0 spiro atoms. The van der Waals surface area contributed by atoms with Gasteiger partial charge in [0.25, 0.3) is 0 Å². The number of anilines is 1. The molecule has 0 bridgehead atoms. The first kappa shape index (κ1) is 16.2. The third kappa shape index (κ3) is 2.92.